The van der Waals surface area contributed by atoms with E-state index in [9.17, 15) is 0 Å². The van der Waals surface area contributed by atoms with Crippen LogP contribution in [0.25, 0.3) is 0 Å². The van der Waals surface area contributed by atoms with Gasteiger partial charge in [0.15, 0.2) is 0 Å². The van der Waals surface area contributed by atoms with Crippen molar-refractivity contribution in [2.45, 2.75) is 45.1 Å². The van der Waals surface area contributed by atoms with E-state index in [4.69, 9.17) is 0 Å². The number of aryl methyl sites for hydroxylation is 1. The zero-order valence-electron chi connectivity index (χ0n) is 11.6. The number of hydrogen-bond donors (Lipinski definition) is 1. The summed E-state index contributed by atoms with van der Waals surface area (Å²) in [5.41, 5.74) is 1.22. The molecule has 3 nitrogen and oxygen atoms in total. The normalized spacial score (nSPS) is 32.0. The van der Waals surface area contributed by atoms with Crippen molar-refractivity contribution >= 4 is 0 Å². The molecule has 2 bridgehead atoms. The molecule has 18 heavy (non-hydrogen) atoms. The van der Waals surface area contributed by atoms with Gasteiger partial charge in [0.05, 0.1) is 11.7 Å². The summed E-state index contributed by atoms with van der Waals surface area (Å²) in [4.78, 5) is 0. The first-order valence-corrected chi connectivity index (χ1v) is 7.49. The minimum absolute atomic E-state index is 0.459. The Kier molecular flexibility index (Phi) is 3.42. The lowest BCUT2D eigenvalue weighted by atomic mass is 9.83. The van der Waals surface area contributed by atoms with Crippen molar-refractivity contribution in [1.29, 1.82) is 0 Å². The fraction of sp³-hybridized carbons (Fsp3) is 0.800. The van der Waals surface area contributed by atoms with Crippen molar-refractivity contribution in [3.8, 4) is 0 Å². The van der Waals surface area contributed by atoms with Gasteiger partial charge in [0, 0.05) is 13.2 Å². The fourth-order valence-electron chi connectivity index (χ4n) is 4.14. The smallest absolute Gasteiger partial charge is 0.0793 e. The molecule has 0 aliphatic heterocycles. The molecule has 100 valence electrons. The van der Waals surface area contributed by atoms with Gasteiger partial charge in [-0.3, -0.25) is 4.68 Å². The molecule has 1 heterocycles. The van der Waals surface area contributed by atoms with Gasteiger partial charge in [-0.2, -0.15) is 5.10 Å². The summed E-state index contributed by atoms with van der Waals surface area (Å²) in [6.45, 7) is 3.22. The lowest BCUT2D eigenvalue weighted by molar-refractivity contribution is 0.278. The molecule has 3 heteroatoms. The van der Waals surface area contributed by atoms with Crippen molar-refractivity contribution in [3.63, 3.8) is 0 Å². The summed E-state index contributed by atoms with van der Waals surface area (Å²) in [6, 6.07) is 2.63. The average molecular weight is 247 g/mol. The first kappa shape index (κ1) is 12.2. The molecule has 0 aromatic carbocycles. The van der Waals surface area contributed by atoms with Crippen LogP contribution in [0.4, 0.5) is 0 Å². The van der Waals surface area contributed by atoms with Crippen LogP contribution in [0.2, 0.25) is 0 Å². The molecule has 1 aromatic rings. The van der Waals surface area contributed by atoms with Gasteiger partial charge in [-0.15, -0.1) is 0 Å². The summed E-state index contributed by atoms with van der Waals surface area (Å²) < 4.78 is 1.92. The number of fused-ring (bicyclic) bond motifs is 2. The van der Waals surface area contributed by atoms with Crippen LogP contribution in [0.15, 0.2) is 12.3 Å². The number of aromatic nitrogens is 2. The highest BCUT2D eigenvalue weighted by Gasteiger charge is 2.40. The number of hydrogen-bond acceptors (Lipinski definition) is 2. The van der Waals surface area contributed by atoms with Crippen LogP contribution in [0.3, 0.4) is 0 Å². The monoisotopic (exact) mass is 247 g/mol. The van der Waals surface area contributed by atoms with Crippen molar-refractivity contribution in [2.24, 2.45) is 24.8 Å². The predicted octanol–water partition coefficient (Wildman–Crippen LogP) is 2.90. The van der Waals surface area contributed by atoms with Crippen LogP contribution in [-0.2, 0) is 7.05 Å². The van der Waals surface area contributed by atoms with E-state index in [1.165, 1.54) is 37.8 Å². The quantitative estimate of drug-likeness (QED) is 0.867. The molecule has 0 radical (unpaired) electrons. The lowest BCUT2D eigenvalue weighted by Gasteiger charge is -2.26. The summed E-state index contributed by atoms with van der Waals surface area (Å²) in [6.07, 6.45) is 9.30. The van der Waals surface area contributed by atoms with Gasteiger partial charge in [0.2, 0.25) is 0 Å². The Hall–Kier alpha value is -0.830. The maximum atomic E-state index is 4.59. The Labute approximate surface area is 110 Å². The van der Waals surface area contributed by atoms with E-state index in [-0.39, 0.29) is 0 Å². The zero-order chi connectivity index (χ0) is 12.5. The molecule has 0 amide bonds. The Morgan fingerprint density at radius 1 is 1.44 bits per heavy atom. The first-order chi connectivity index (χ1) is 8.76. The van der Waals surface area contributed by atoms with Gasteiger partial charge in [-0.25, -0.2) is 0 Å². The maximum absolute atomic E-state index is 4.59. The van der Waals surface area contributed by atoms with Crippen molar-refractivity contribution in [3.05, 3.63) is 18.0 Å². The van der Waals surface area contributed by atoms with Crippen molar-refractivity contribution in [2.75, 3.05) is 6.54 Å². The third-order valence-corrected chi connectivity index (χ3v) is 4.96. The summed E-state index contributed by atoms with van der Waals surface area (Å²) in [5, 5.41) is 8.21. The van der Waals surface area contributed by atoms with Crippen LogP contribution < -0.4 is 5.32 Å². The van der Waals surface area contributed by atoms with Crippen LogP contribution in [0.1, 0.15) is 50.8 Å². The zero-order valence-corrected chi connectivity index (χ0v) is 11.6. The summed E-state index contributed by atoms with van der Waals surface area (Å²) >= 11 is 0. The van der Waals surface area contributed by atoms with E-state index in [0.29, 0.717) is 6.04 Å². The highest BCUT2D eigenvalue weighted by atomic mass is 15.3. The second-order valence-electron chi connectivity index (χ2n) is 6.20. The average Bonchev–Trinajstić information content (AvgIpc) is 3.04. The van der Waals surface area contributed by atoms with Gasteiger partial charge in [-0.05, 0) is 56.0 Å². The molecular formula is C15H25N3. The van der Waals surface area contributed by atoms with E-state index < -0.39 is 0 Å². The van der Waals surface area contributed by atoms with Gasteiger partial charge in [0.1, 0.15) is 0 Å². The third kappa shape index (κ3) is 2.33. The highest BCUT2D eigenvalue weighted by molar-refractivity contribution is 5.07. The number of nitrogens with zero attached hydrogens (tertiary/aromatic N) is 2. The minimum atomic E-state index is 0.459. The van der Waals surface area contributed by atoms with Gasteiger partial charge >= 0.3 is 0 Å². The van der Waals surface area contributed by atoms with Crippen LogP contribution in [-0.4, -0.2) is 16.3 Å². The van der Waals surface area contributed by atoms with E-state index >= 15 is 0 Å². The van der Waals surface area contributed by atoms with E-state index in [2.05, 4.69) is 29.6 Å². The Morgan fingerprint density at radius 3 is 2.89 bits per heavy atom. The molecule has 3 rings (SSSR count). The summed E-state index contributed by atoms with van der Waals surface area (Å²) in [5.74, 6) is 3.00. The second kappa shape index (κ2) is 5.04. The molecule has 2 fully saturated rings. The molecule has 2 aliphatic rings. The third-order valence-electron chi connectivity index (χ3n) is 4.96. The largest absolute Gasteiger partial charge is 0.309 e. The second-order valence-corrected chi connectivity index (χ2v) is 6.20. The van der Waals surface area contributed by atoms with Crippen molar-refractivity contribution < 1.29 is 0 Å². The van der Waals surface area contributed by atoms with Gasteiger partial charge in [0.25, 0.3) is 0 Å². The summed E-state index contributed by atoms with van der Waals surface area (Å²) in [7, 11) is 2.00. The standard InChI is InChI=1S/C15H25N3/c1-3-16-15(14-6-7-18(2)17-14)10-13-9-11-4-5-12(13)8-11/h6-7,11-13,15-16H,3-5,8-10H2,1-2H3. The lowest BCUT2D eigenvalue weighted by Crippen LogP contribution is -2.26. The van der Waals surface area contributed by atoms with E-state index in [1.807, 2.05) is 11.7 Å². The Balaban J connectivity index is 1.67. The van der Waals surface area contributed by atoms with Crippen molar-refractivity contribution in [1.82, 2.24) is 15.1 Å². The molecule has 0 saturated heterocycles. The SMILES string of the molecule is CCNC(CC1CC2CCC1C2)c1ccn(C)n1. The van der Waals surface area contributed by atoms with E-state index in [1.54, 1.807) is 0 Å². The molecule has 1 N–H and O–H groups in total. The molecule has 2 aliphatic carbocycles. The van der Waals surface area contributed by atoms with E-state index in [0.717, 1.165) is 24.3 Å². The molecule has 2 saturated carbocycles. The minimum Gasteiger partial charge on any atom is -0.309 e. The number of nitrogens with one attached hydrogen (secondary N) is 1. The molecule has 4 atom stereocenters. The molecule has 0 spiro atoms. The van der Waals surface area contributed by atoms with Gasteiger partial charge < -0.3 is 5.32 Å². The van der Waals surface area contributed by atoms with Crippen LogP contribution in [0.5, 0.6) is 0 Å². The van der Waals surface area contributed by atoms with Crippen LogP contribution >= 0.6 is 0 Å². The Morgan fingerprint density at radius 2 is 2.33 bits per heavy atom. The van der Waals surface area contributed by atoms with Crippen LogP contribution in [0, 0.1) is 17.8 Å². The first-order valence-electron chi connectivity index (χ1n) is 7.49. The predicted molar refractivity (Wildman–Crippen MR) is 73.2 cm³/mol. The molecular weight excluding hydrogens is 222 g/mol. The molecule has 4 unspecified atom stereocenters. The van der Waals surface area contributed by atoms with Gasteiger partial charge in [-0.1, -0.05) is 13.3 Å². The molecule has 1 aromatic heterocycles. The highest BCUT2D eigenvalue weighted by Crippen LogP contribution is 2.50. The maximum Gasteiger partial charge on any atom is 0.0793 e. The Bertz CT molecular complexity index is 398. The fourth-order valence-corrected chi connectivity index (χ4v) is 4.14. The topological polar surface area (TPSA) is 29.9 Å². The number of rotatable bonds is 5.